The van der Waals surface area contributed by atoms with Crippen molar-refractivity contribution in [1.82, 2.24) is 0 Å². The second-order valence-corrected chi connectivity index (χ2v) is 5.33. The highest BCUT2D eigenvalue weighted by atomic mass is 16.5. The van der Waals surface area contributed by atoms with Gasteiger partial charge in [0.2, 0.25) is 0 Å². The highest BCUT2D eigenvalue weighted by Crippen LogP contribution is 2.24. The van der Waals surface area contributed by atoms with Crippen molar-refractivity contribution in [2.75, 3.05) is 18.5 Å². The van der Waals surface area contributed by atoms with E-state index in [9.17, 15) is 5.11 Å². The second kappa shape index (κ2) is 5.92. The molecular formula is C14H23NO2. The van der Waals surface area contributed by atoms with Crippen LogP contribution in [0.4, 0.5) is 5.69 Å². The number of hydrogen-bond acceptors (Lipinski definition) is 3. The first-order valence-electron chi connectivity index (χ1n) is 6.06. The Balaban J connectivity index is 2.75. The Hall–Kier alpha value is -1.22. The lowest BCUT2D eigenvalue weighted by Gasteiger charge is -2.20. The summed E-state index contributed by atoms with van der Waals surface area (Å²) in [6.45, 7) is 9.99. The van der Waals surface area contributed by atoms with E-state index in [1.807, 2.05) is 25.1 Å². The summed E-state index contributed by atoms with van der Waals surface area (Å²) >= 11 is 0. The Morgan fingerprint density at radius 2 is 2.00 bits per heavy atom. The van der Waals surface area contributed by atoms with E-state index < -0.39 is 0 Å². The standard InChI is InChI=1S/C14H23NO2/c1-5-17-13-7-6-12(8-11(13)9-16)15-10-14(2,3)4/h6-8,15-16H,5,9-10H2,1-4H3. The molecule has 3 nitrogen and oxygen atoms in total. The van der Waals surface area contributed by atoms with Crippen LogP contribution in [0.25, 0.3) is 0 Å². The Kier molecular flexibility index (Phi) is 4.82. The zero-order chi connectivity index (χ0) is 12.9. The van der Waals surface area contributed by atoms with E-state index in [-0.39, 0.29) is 12.0 Å². The van der Waals surface area contributed by atoms with Gasteiger partial charge in [-0.3, -0.25) is 0 Å². The van der Waals surface area contributed by atoms with Crippen LogP contribution in [0, 0.1) is 5.41 Å². The van der Waals surface area contributed by atoms with E-state index in [0.29, 0.717) is 6.61 Å². The molecule has 0 saturated heterocycles. The number of benzene rings is 1. The predicted molar refractivity (Wildman–Crippen MR) is 71.5 cm³/mol. The summed E-state index contributed by atoms with van der Waals surface area (Å²) in [6, 6.07) is 5.83. The first kappa shape index (κ1) is 13.8. The van der Waals surface area contributed by atoms with Crippen molar-refractivity contribution < 1.29 is 9.84 Å². The van der Waals surface area contributed by atoms with Crippen LogP contribution in [0.3, 0.4) is 0 Å². The zero-order valence-corrected chi connectivity index (χ0v) is 11.2. The van der Waals surface area contributed by atoms with Crippen molar-refractivity contribution >= 4 is 5.69 Å². The largest absolute Gasteiger partial charge is 0.494 e. The minimum atomic E-state index is 0.000368. The predicted octanol–water partition coefficient (Wildman–Crippen LogP) is 3.04. The van der Waals surface area contributed by atoms with Gasteiger partial charge in [-0.25, -0.2) is 0 Å². The van der Waals surface area contributed by atoms with Crippen LogP contribution in [0.2, 0.25) is 0 Å². The Morgan fingerprint density at radius 1 is 1.29 bits per heavy atom. The maximum atomic E-state index is 9.29. The van der Waals surface area contributed by atoms with Gasteiger partial charge in [-0.15, -0.1) is 0 Å². The molecule has 0 bridgehead atoms. The van der Waals surface area contributed by atoms with Crippen LogP contribution >= 0.6 is 0 Å². The van der Waals surface area contributed by atoms with Gasteiger partial charge >= 0.3 is 0 Å². The summed E-state index contributed by atoms with van der Waals surface area (Å²) < 4.78 is 5.44. The van der Waals surface area contributed by atoms with Gasteiger partial charge in [0, 0.05) is 17.8 Å². The molecule has 0 radical (unpaired) electrons. The number of nitrogens with one attached hydrogen (secondary N) is 1. The number of anilines is 1. The molecule has 0 unspecified atom stereocenters. The fourth-order valence-corrected chi connectivity index (χ4v) is 1.48. The van der Waals surface area contributed by atoms with E-state index in [1.54, 1.807) is 0 Å². The van der Waals surface area contributed by atoms with Crippen LogP contribution in [-0.2, 0) is 6.61 Å². The fourth-order valence-electron chi connectivity index (χ4n) is 1.48. The van der Waals surface area contributed by atoms with Gasteiger partial charge in [-0.05, 0) is 30.5 Å². The molecular weight excluding hydrogens is 214 g/mol. The molecule has 0 spiro atoms. The molecule has 3 heteroatoms. The molecule has 0 saturated carbocycles. The summed E-state index contributed by atoms with van der Waals surface area (Å²) in [4.78, 5) is 0. The number of aliphatic hydroxyl groups excluding tert-OH is 1. The summed E-state index contributed by atoms with van der Waals surface area (Å²) in [5, 5.41) is 12.7. The van der Waals surface area contributed by atoms with Gasteiger partial charge in [0.25, 0.3) is 0 Å². The molecule has 2 N–H and O–H groups in total. The molecule has 0 fully saturated rings. The Morgan fingerprint density at radius 3 is 2.53 bits per heavy atom. The monoisotopic (exact) mass is 237 g/mol. The molecule has 0 amide bonds. The molecule has 1 aromatic carbocycles. The normalized spacial score (nSPS) is 11.4. The molecule has 1 rings (SSSR count). The van der Waals surface area contributed by atoms with E-state index >= 15 is 0 Å². The summed E-state index contributed by atoms with van der Waals surface area (Å²) in [5.41, 5.74) is 2.08. The SMILES string of the molecule is CCOc1ccc(NCC(C)(C)C)cc1CO. The topological polar surface area (TPSA) is 41.5 Å². The summed E-state index contributed by atoms with van der Waals surface area (Å²) in [6.07, 6.45) is 0. The minimum Gasteiger partial charge on any atom is -0.494 e. The first-order chi connectivity index (χ1) is 7.96. The third-order valence-electron chi connectivity index (χ3n) is 2.35. The van der Waals surface area contributed by atoms with Gasteiger partial charge in [-0.2, -0.15) is 0 Å². The number of rotatable bonds is 5. The van der Waals surface area contributed by atoms with Crippen molar-refractivity contribution in [3.8, 4) is 5.75 Å². The van der Waals surface area contributed by atoms with E-state index in [0.717, 1.165) is 23.5 Å². The maximum Gasteiger partial charge on any atom is 0.124 e. The highest BCUT2D eigenvalue weighted by Gasteiger charge is 2.10. The molecule has 1 aromatic rings. The first-order valence-corrected chi connectivity index (χ1v) is 6.06. The summed E-state index contributed by atoms with van der Waals surface area (Å²) in [5.74, 6) is 0.760. The van der Waals surface area contributed by atoms with Crippen LogP contribution in [-0.4, -0.2) is 18.3 Å². The molecule has 0 aliphatic rings. The number of aliphatic hydroxyl groups is 1. The molecule has 0 heterocycles. The highest BCUT2D eigenvalue weighted by molar-refractivity contribution is 5.51. The van der Waals surface area contributed by atoms with Gasteiger partial charge in [-0.1, -0.05) is 20.8 Å². The van der Waals surface area contributed by atoms with Gasteiger partial charge in [0.05, 0.1) is 13.2 Å². The summed E-state index contributed by atoms with van der Waals surface area (Å²) in [7, 11) is 0. The van der Waals surface area contributed by atoms with Crippen LogP contribution in [0.15, 0.2) is 18.2 Å². The van der Waals surface area contributed by atoms with E-state index in [4.69, 9.17) is 4.74 Å². The molecule has 0 aromatic heterocycles. The average molecular weight is 237 g/mol. The molecule has 0 aliphatic heterocycles. The smallest absolute Gasteiger partial charge is 0.124 e. The second-order valence-electron chi connectivity index (χ2n) is 5.33. The van der Waals surface area contributed by atoms with Gasteiger partial charge in [0.1, 0.15) is 5.75 Å². The molecule has 96 valence electrons. The van der Waals surface area contributed by atoms with Crippen molar-refractivity contribution in [2.45, 2.75) is 34.3 Å². The molecule has 0 atom stereocenters. The lowest BCUT2D eigenvalue weighted by atomic mass is 9.97. The molecule has 0 aliphatic carbocycles. The fraction of sp³-hybridized carbons (Fsp3) is 0.571. The quantitative estimate of drug-likeness (QED) is 0.827. The average Bonchev–Trinajstić information content (AvgIpc) is 2.27. The van der Waals surface area contributed by atoms with Crippen molar-refractivity contribution in [3.63, 3.8) is 0 Å². The number of ether oxygens (including phenoxy) is 1. The molecule has 17 heavy (non-hydrogen) atoms. The Bertz CT molecular complexity index is 356. The van der Waals surface area contributed by atoms with E-state index in [1.165, 1.54) is 0 Å². The maximum absolute atomic E-state index is 9.29. The van der Waals surface area contributed by atoms with Crippen molar-refractivity contribution in [2.24, 2.45) is 5.41 Å². The van der Waals surface area contributed by atoms with Gasteiger partial charge < -0.3 is 15.2 Å². The van der Waals surface area contributed by atoms with E-state index in [2.05, 4.69) is 26.1 Å². The van der Waals surface area contributed by atoms with Crippen LogP contribution in [0.1, 0.15) is 33.3 Å². The third-order valence-corrected chi connectivity index (χ3v) is 2.35. The lowest BCUT2D eigenvalue weighted by molar-refractivity contribution is 0.267. The Labute approximate surface area is 104 Å². The number of hydrogen-bond donors (Lipinski definition) is 2. The zero-order valence-electron chi connectivity index (χ0n) is 11.2. The third kappa shape index (κ3) is 4.65. The van der Waals surface area contributed by atoms with Crippen molar-refractivity contribution in [3.05, 3.63) is 23.8 Å². The van der Waals surface area contributed by atoms with Gasteiger partial charge in [0.15, 0.2) is 0 Å². The van der Waals surface area contributed by atoms with Crippen molar-refractivity contribution in [1.29, 1.82) is 0 Å². The minimum absolute atomic E-state index is 0.000368. The van der Waals surface area contributed by atoms with Crippen LogP contribution < -0.4 is 10.1 Å². The van der Waals surface area contributed by atoms with Crippen LogP contribution in [0.5, 0.6) is 5.75 Å². The lowest BCUT2D eigenvalue weighted by Crippen LogP contribution is -2.19.